The highest BCUT2D eigenvalue weighted by Gasteiger charge is 2.30. The van der Waals surface area contributed by atoms with Crippen molar-refractivity contribution in [2.45, 2.75) is 11.3 Å². The molecule has 2 heterocycles. The first-order valence-corrected chi connectivity index (χ1v) is 10.3. The molecule has 2 aromatic rings. The van der Waals surface area contributed by atoms with Crippen molar-refractivity contribution in [3.63, 3.8) is 0 Å². The van der Waals surface area contributed by atoms with E-state index in [-0.39, 0.29) is 4.90 Å². The van der Waals surface area contributed by atoms with Crippen LogP contribution in [0.1, 0.15) is 6.42 Å². The van der Waals surface area contributed by atoms with Crippen LogP contribution in [-0.4, -0.2) is 51.0 Å². The predicted octanol–water partition coefficient (Wildman–Crippen LogP) is 3.30. The number of rotatable bonds is 4. The molecule has 3 rings (SSSR count). The number of sulfonamides is 1. The average Bonchev–Trinajstić information content (AvgIpc) is 2.88. The van der Waals surface area contributed by atoms with Crippen molar-refractivity contribution in [3.8, 4) is 5.75 Å². The largest absolute Gasteiger partial charge is 0.495 e. The van der Waals surface area contributed by atoms with Crippen molar-refractivity contribution in [1.29, 1.82) is 0 Å². The van der Waals surface area contributed by atoms with E-state index in [1.807, 2.05) is 4.90 Å². The van der Waals surface area contributed by atoms with E-state index in [0.29, 0.717) is 54.1 Å². The summed E-state index contributed by atoms with van der Waals surface area (Å²) in [4.78, 5) is 6.15. The number of anilines is 1. The molecule has 1 aromatic heterocycles. The van der Waals surface area contributed by atoms with Crippen molar-refractivity contribution >= 4 is 38.9 Å². The molecule has 1 aliphatic heterocycles. The molecule has 0 atom stereocenters. The maximum Gasteiger partial charge on any atom is 0.246 e. The fourth-order valence-electron chi connectivity index (χ4n) is 3.04. The molecule has 1 fully saturated rings. The fourth-order valence-corrected chi connectivity index (χ4v) is 5.26. The zero-order valence-electron chi connectivity index (χ0n) is 14.2. The smallest absolute Gasteiger partial charge is 0.246 e. The number of halogens is 2. The summed E-state index contributed by atoms with van der Waals surface area (Å²) in [6.45, 7) is 1.88. The zero-order chi connectivity index (χ0) is 18.7. The van der Waals surface area contributed by atoms with E-state index in [1.54, 1.807) is 24.3 Å². The third-order valence-corrected chi connectivity index (χ3v) is 6.78. The third-order valence-electron chi connectivity index (χ3n) is 4.29. The Morgan fingerprint density at radius 2 is 1.73 bits per heavy atom. The molecule has 0 N–H and O–H groups in total. The Balaban J connectivity index is 1.84. The summed E-state index contributed by atoms with van der Waals surface area (Å²) in [6, 6.07) is 6.65. The Labute approximate surface area is 163 Å². The summed E-state index contributed by atoms with van der Waals surface area (Å²) >= 11 is 12.5. The Morgan fingerprint density at radius 3 is 2.42 bits per heavy atom. The topological polar surface area (TPSA) is 62.7 Å². The normalized spacial score (nSPS) is 16.3. The molecular weight excluding hydrogens is 397 g/mol. The molecule has 1 aromatic carbocycles. The first kappa shape index (κ1) is 19.2. The zero-order valence-corrected chi connectivity index (χ0v) is 16.6. The van der Waals surface area contributed by atoms with Crippen molar-refractivity contribution in [2.24, 2.45) is 0 Å². The van der Waals surface area contributed by atoms with Crippen LogP contribution in [0.3, 0.4) is 0 Å². The molecule has 6 nitrogen and oxygen atoms in total. The van der Waals surface area contributed by atoms with Crippen LogP contribution < -0.4 is 9.64 Å². The van der Waals surface area contributed by atoms with Gasteiger partial charge in [0.1, 0.15) is 10.6 Å². The van der Waals surface area contributed by atoms with E-state index in [2.05, 4.69) is 4.98 Å². The van der Waals surface area contributed by atoms with E-state index >= 15 is 0 Å². The first-order chi connectivity index (χ1) is 12.4. The molecule has 9 heteroatoms. The average molecular weight is 416 g/mol. The molecule has 0 amide bonds. The van der Waals surface area contributed by atoms with Gasteiger partial charge in [0.25, 0.3) is 0 Å². The van der Waals surface area contributed by atoms with Crippen LogP contribution in [0.15, 0.2) is 41.6 Å². The summed E-state index contributed by atoms with van der Waals surface area (Å²) in [5.74, 6) is 0.342. The maximum absolute atomic E-state index is 13.1. The number of methoxy groups -OCH3 is 1. The Bertz CT molecular complexity index is 872. The van der Waals surface area contributed by atoms with Gasteiger partial charge in [0.2, 0.25) is 10.0 Å². The van der Waals surface area contributed by atoms with Crippen LogP contribution in [0.25, 0.3) is 0 Å². The number of nitrogens with zero attached hydrogens (tertiary/aromatic N) is 3. The minimum Gasteiger partial charge on any atom is -0.495 e. The molecular formula is C17H19Cl2N3O3S. The highest BCUT2D eigenvalue weighted by atomic mass is 35.5. The van der Waals surface area contributed by atoms with Crippen LogP contribution in [0.4, 0.5) is 5.69 Å². The van der Waals surface area contributed by atoms with Gasteiger partial charge in [-0.15, -0.1) is 0 Å². The number of benzene rings is 1. The molecule has 140 valence electrons. The maximum atomic E-state index is 13.1. The fraction of sp³-hybridized carbons (Fsp3) is 0.353. The Morgan fingerprint density at radius 1 is 1.04 bits per heavy atom. The molecule has 26 heavy (non-hydrogen) atoms. The second-order valence-corrected chi connectivity index (χ2v) is 8.57. The number of hydrogen-bond acceptors (Lipinski definition) is 5. The van der Waals surface area contributed by atoms with Gasteiger partial charge < -0.3 is 9.64 Å². The van der Waals surface area contributed by atoms with E-state index in [0.717, 1.165) is 0 Å². The standard InChI is InChI=1S/C17H19Cl2N3O3S/c1-25-15-5-2-3-6-16(15)26(23,24)22-8-4-7-21(9-10-22)17-13(18)11-20-12-14(17)19/h2-3,5-6,11-12H,4,7-10H2,1H3. The van der Waals surface area contributed by atoms with E-state index in [4.69, 9.17) is 27.9 Å². The molecule has 1 aliphatic rings. The van der Waals surface area contributed by atoms with Gasteiger partial charge in [-0.25, -0.2) is 8.42 Å². The molecule has 1 saturated heterocycles. The summed E-state index contributed by atoms with van der Waals surface area (Å²) in [5.41, 5.74) is 0.694. The van der Waals surface area contributed by atoms with Gasteiger partial charge in [-0.1, -0.05) is 35.3 Å². The summed E-state index contributed by atoms with van der Waals surface area (Å²) in [6.07, 6.45) is 3.73. The number of para-hydroxylation sites is 1. The van der Waals surface area contributed by atoms with Crippen LogP contribution in [0.2, 0.25) is 10.0 Å². The monoisotopic (exact) mass is 415 g/mol. The lowest BCUT2D eigenvalue weighted by Gasteiger charge is -2.25. The lowest BCUT2D eigenvalue weighted by atomic mass is 10.3. The third kappa shape index (κ3) is 3.76. The molecule has 0 aliphatic carbocycles. The highest BCUT2D eigenvalue weighted by Crippen LogP contribution is 2.34. The van der Waals surface area contributed by atoms with Gasteiger partial charge >= 0.3 is 0 Å². The van der Waals surface area contributed by atoms with Gasteiger partial charge in [-0.2, -0.15) is 4.31 Å². The van der Waals surface area contributed by atoms with Crippen molar-refractivity contribution in [3.05, 3.63) is 46.7 Å². The quantitative estimate of drug-likeness (QED) is 0.766. The second kappa shape index (κ2) is 8.00. The Kier molecular flexibility index (Phi) is 5.92. The first-order valence-electron chi connectivity index (χ1n) is 8.12. The SMILES string of the molecule is COc1ccccc1S(=O)(=O)N1CCCN(c2c(Cl)cncc2Cl)CC1. The second-order valence-electron chi connectivity index (χ2n) is 5.85. The van der Waals surface area contributed by atoms with Crippen molar-refractivity contribution < 1.29 is 13.2 Å². The van der Waals surface area contributed by atoms with Crippen LogP contribution in [-0.2, 0) is 10.0 Å². The van der Waals surface area contributed by atoms with Crippen LogP contribution >= 0.6 is 23.2 Å². The van der Waals surface area contributed by atoms with Gasteiger partial charge in [0.05, 0.1) is 22.8 Å². The minimum atomic E-state index is -3.65. The highest BCUT2D eigenvalue weighted by molar-refractivity contribution is 7.89. The van der Waals surface area contributed by atoms with Gasteiger partial charge in [-0.05, 0) is 18.6 Å². The summed E-state index contributed by atoms with van der Waals surface area (Å²) in [5, 5.41) is 0.914. The molecule has 0 radical (unpaired) electrons. The van der Waals surface area contributed by atoms with Crippen LogP contribution in [0, 0.1) is 0 Å². The number of aromatic nitrogens is 1. The van der Waals surface area contributed by atoms with E-state index < -0.39 is 10.0 Å². The molecule has 0 bridgehead atoms. The molecule has 0 unspecified atom stereocenters. The van der Waals surface area contributed by atoms with Crippen molar-refractivity contribution in [1.82, 2.24) is 9.29 Å². The van der Waals surface area contributed by atoms with Gasteiger partial charge in [0.15, 0.2) is 0 Å². The van der Waals surface area contributed by atoms with Crippen LogP contribution in [0.5, 0.6) is 5.75 Å². The minimum absolute atomic E-state index is 0.177. The molecule has 0 saturated carbocycles. The molecule has 0 spiro atoms. The van der Waals surface area contributed by atoms with Gasteiger partial charge in [0, 0.05) is 38.6 Å². The predicted molar refractivity (Wildman–Crippen MR) is 103 cm³/mol. The number of ether oxygens (including phenoxy) is 1. The summed E-state index contributed by atoms with van der Waals surface area (Å²) in [7, 11) is -2.19. The summed E-state index contributed by atoms with van der Waals surface area (Å²) < 4.78 is 32.8. The lowest BCUT2D eigenvalue weighted by Crippen LogP contribution is -2.35. The number of hydrogen-bond donors (Lipinski definition) is 0. The Hall–Kier alpha value is -1.54. The van der Waals surface area contributed by atoms with Crippen molar-refractivity contribution in [2.75, 3.05) is 38.2 Å². The lowest BCUT2D eigenvalue weighted by molar-refractivity contribution is 0.393. The van der Waals surface area contributed by atoms with E-state index in [1.165, 1.54) is 23.8 Å². The van der Waals surface area contributed by atoms with E-state index in [9.17, 15) is 8.42 Å². The van der Waals surface area contributed by atoms with Gasteiger partial charge in [-0.3, -0.25) is 4.98 Å². The number of pyridine rings is 1.